The van der Waals surface area contributed by atoms with Gasteiger partial charge in [-0.3, -0.25) is 4.79 Å². The first-order valence-electron chi connectivity index (χ1n) is 5.29. The molecule has 0 atom stereocenters. The van der Waals surface area contributed by atoms with Crippen molar-refractivity contribution in [3.05, 3.63) is 17.1 Å². The highest BCUT2D eigenvalue weighted by atomic mass is 32.2. The fourth-order valence-corrected chi connectivity index (χ4v) is 2.94. The zero-order valence-corrected chi connectivity index (χ0v) is 11.5. The summed E-state index contributed by atoms with van der Waals surface area (Å²) in [6.07, 6.45) is 0.246. The summed E-state index contributed by atoms with van der Waals surface area (Å²) in [5, 5.41) is 0. The Hall–Kier alpha value is -1.14. The molecule has 1 rings (SSSR count). The van der Waals surface area contributed by atoms with E-state index in [-0.39, 0.29) is 28.4 Å². The monoisotopic (exact) mass is 259 g/mol. The maximum absolute atomic E-state index is 12.1. The molecule has 0 bridgehead atoms. The van der Waals surface area contributed by atoms with E-state index >= 15 is 0 Å². The second-order valence-corrected chi connectivity index (χ2v) is 6.07. The van der Waals surface area contributed by atoms with Crippen molar-refractivity contribution in [3.63, 3.8) is 0 Å². The number of ketones is 1. The van der Waals surface area contributed by atoms with Crippen LogP contribution in [0.15, 0.2) is 9.31 Å². The standard InChI is InChI=1S/C11H17NO4S/c1-6-9(13)10-7(2)16-8(3)11(10)17(14,15)12(4)5/h6H2,1-5H3. The van der Waals surface area contributed by atoms with Crippen LogP contribution in [0.1, 0.15) is 35.2 Å². The van der Waals surface area contributed by atoms with Crippen LogP contribution in [-0.2, 0) is 10.0 Å². The van der Waals surface area contributed by atoms with Gasteiger partial charge in [0.1, 0.15) is 16.4 Å². The minimum absolute atomic E-state index is 0.00755. The molecular formula is C11H17NO4S. The van der Waals surface area contributed by atoms with Crippen molar-refractivity contribution in [2.24, 2.45) is 0 Å². The van der Waals surface area contributed by atoms with Crippen LogP contribution >= 0.6 is 0 Å². The highest BCUT2D eigenvalue weighted by molar-refractivity contribution is 7.89. The van der Waals surface area contributed by atoms with Crippen LogP contribution in [0.3, 0.4) is 0 Å². The maximum atomic E-state index is 12.1. The molecule has 0 saturated heterocycles. The molecule has 0 radical (unpaired) electrons. The van der Waals surface area contributed by atoms with Gasteiger partial charge in [0.25, 0.3) is 0 Å². The van der Waals surface area contributed by atoms with Gasteiger partial charge in [-0.05, 0) is 13.8 Å². The summed E-state index contributed by atoms with van der Waals surface area (Å²) in [5.74, 6) is 0.391. The third-order valence-electron chi connectivity index (χ3n) is 2.54. The predicted octanol–water partition coefficient (Wildman–Crippen LogP) is 1.74. The van der Waals surface area contributed by atoms with Crippen LogP contribution in [0.5, 0.6) is 0 Å². The largest absolute Gasteiger partial charge is 0.464 e. The zero-order chi connectivity index (χ0) is 13.4. The van der Waals surface area contributed by atoms with Crippen LogP contribution in [-0.4, -0.2) is 32.6 Å². The summed E-state index contributed by atoms with van der Waals surface area (Å²) in [6.45, 7) is 4.84. The maximum Gasteiger partial charge on any atom is 0.246 e. The second kappa shape index (κ2) is 4.62. The zero-order valence-electron chi connectivity index (χ0n) is 10.7. The van der Waals surface area contributed by atoms with E-state index in [4.69, 9.17) is 4.42 Å². The van der Waals surface area contributed by atoms with Crippen molar-refractivity contribution < 1.29 is 17.6 Å². The molecule has 96 valence electrons. The van der Waals surface area contributed by atoms with Gasteiger partial charge in [0.2, 0.25) is 10.0 Å². The highest BCUT2D eigenvalue weighted by Crippen LogP contribution is 2.29. The Morgan fingerprint density at radius 3 is 2.18 bits per heavy atom. The van der Waals surface area contributed by atoms with Gasteiger partial charge in [0, 0.05) is 20.5 Å². The Morgan fingerprint density at radius 1 is 1.24 bits per heavy atom. The Balaban J connectivity index is 3.60. The first-order valence-corrected chi connectivity index (χ1v) is 6.73. The number of hydrogen-bond acceptors (Lipinski definition) is 4. The summed E-state index contributed by atoms with van der Waals surface area (Å²) >= 11 is 0. The molecule has 17 heavy (non-hydrogen) atoms. The van der Waals surface area contributed by atoms with Gasteiger partial charge in [-0.2, -0.15) is 0 Å². The molecule has 6 heteroatoms. The van der Waals surface area contributed by atoms with Crippen molar-refractivity contribution in [2.75, 3.05) is 14.1 Å². The summed E-state index contributed by atoms with van der Waals surface area (Å²) < 4.78 is 30.6. The van der Waals surface area contributed by atoms with Crippen molar-refractivity contribution in [1.82, 2.24) is 4.31 Å². The minimum atomic E-state index is -3.65. The van der Waals surface area contributed by atoms with E-state index < -0.39 is 10.0 Å². The highest BCUT2D eigenvalue weighted by Gasteiger charge is 2.31. The molecule has 0 unspecified atom stereocenters. The van der Waals surface area contributed by atoms with Crippen molar-refractivity contribution in [3.8, 4) is 0 Å². The molecule has 0 fully saturated rings. The molecule has 0 N–H and O–H groups in total. The third-order valence-corrected chi connectivity index (χ3v) is 4.51. The first-order chi connectivity index (χ1) is 7.73. The van der Waals surface area contributed by atoms with E-state index in [2.05, 4.69) is 0 Å². The van der Waals surface area contributed by atoms with Gasteiger partial charge in [-0.25, -0.2) is 12.7 Å². The number of aryl methyl sites for hydroxylation is 2. The summed E-state index contributed by atoms with van der Waals surface area (Å²) in [4.78, 5) is 11.8. The van der Waals surface area contributed by atoms with E-state index in [1.165, 1.54) is 14.1 Å². The average Bonchev–Trinajstić information content (AvgIpc) is 2.52. The summed E-state index contributed by atoms with van der Waals surface area (Å²) in [5.41, 5.74) is 0.179. The average molecular weight is 259 g/mol. The van der Waals surface area contributed by atoms with Crippen LogP contribution < -0.4 is 0 Å². The molecule has 0 amide bonds. The van der Waals surface area contributed by atoms with Crippen LogP contribution in [0.2, 0.25) is 0 Å². The second-order valence-electron chi connectivity index (χ2n) is 3.98. The number of rotatable bonds is 4. The molecule has 5 nitrogen and oxygen atoms in total. The normalized spacial score (nSPS) is 12.1. The fourth-order valence-electron chi connectivity index (χ4n) is 1.66. The van der Waals surface area contributed by atoms with Crippen LogP contribution in [0.25, 0.3) is 0 Å². The third kappa shape index (κ3) is 2.28. The Kier molecular flexibility index (Phi) is 3.78. The van der Waals surface area contributed by atoms with Gasteiger partial charge in [-0.15, -0.1) is 0 Å². The lowest BCUT2D eigenvalue weighted by Crippen LogP contribution is -2.24. The lowest BCUT2D eigenvalue weighted by molar-refractivity contribution is 0.0984. The number of nitrogens with zero attached hydrogens (tertiary/aromatic N) is 1. The van der Waals surface area contributed by atoms with E-state index in [9.17, 15) is 13.2 Å². The number of hydrogen-bond donors (Lipinski definition) is 0. The summed E-state index contributed by atoms with van der Waals surface area (Å²) in [6, 6.07) is 0. The molecule has 1 heterocycles. The van der Waals surface area contributed by atoms with Gasteiger partial charge in [-0.1, -0.05) is 6.92 Å². The van der Waals surface area contributed by atoms with Crippen molar-refractivity contribution in [1.29, 1.82) is 0 Å². The molecule has 0 aliphatic heterocycles. The molecule has 0 aliphatic carbocycles. The SMILES string of the molecule is CCC(=O)c1c(C)oc(C)c1S(=O)(=O)N(C)C. The minimum Gasteiger partial charge on any atom is -0.464 e. The van der Waals surface area contributed by atoms with E-state index in [0.29, 0.717) is 5.76 Å². The molecule has 0 aliphatic rings. The number of furan rings is 1. The van der Waals surface area contributed by atoms with Gasteiger partial charge >= 0.3 is 0 Å². The molecule has 0 aromatic carbocycles. The van der Waals surface area contributed by atoms with Crippen molar-refractivity contribution >= 4 is 15.8 Å². The number of carbonyl (C=O) groups is 1. The Bertz CT molecular complexity index is 540. The number of Topliss-reactive ketones (excluding diaryl/α,β-unsaturated/α-hetero) is 1. The van der Waals surface area contributed by atoms with E-state index in [0.717, 1.165) is 4.31 Å². The predicted molar refractivity (Wildman–Crippen MR) is 63.7 cm³/mol. The quantitative estimate of drug-likeness (QED) is 0.772. The molecule has 1 aromatic heterocycles. The van der Waals surface area contributed by atoms with E-state index in [1.807, 2.05) is 0 Å². The number of sulfonamides is 1. The summed E-state index contributed by atoms with van der Waals surface area (Å²) in [7, 11) is -0.798. The number of carbonyl (C=O) groups excluding carboxylic acids is 1. The van der Waals surface area contributed by atoms with Crippen LogP contribution in [0.4, 0.5) is 0 Å². The molecule has 1 aromatic rings. The van der Waals surface area contributed by atoms with E-state index in [1.54, 1.807) is 20.8 Å². The van der Waals surface area contributed by atoms with Gasteiger partial charge in [0.05, 0.1) is 5.56 Å². The lowest BCUT2D eigenvalue weighted by atomic mass is 10.1. The molecular weight excluding hydrogens is 242 g/mol. The van der Waals surface area contributed by atoms with Gasteiger partial charge < -0.3 is 4.42 Å². The topological polar surface area (TPSA) is 67.6 Å². The smallest absolute Gasteiger partial charge is 0.246 e. The fraction of sp³-hybridized carbons (Fsp3) is 0.545. The van der Waals surface area contributed by atoms with Crippen LogP contribution in [0, 0.1) is 13.8 Å². The lowest BCUT2D eigenvalue weighted by Gasteiger charge is -2.11. The molecule has 0 saturated carbocycles. The van der Waals surface area contributed by atoms with Crippen molar-refractivity contribution in [2.45, 2.75) is 32.1 Å². The Morgan fingerprint density at radius 2 is 1.76 bits per heavy atom. The molecule has 0 spiro atoms. The first kappa shape index (κ1) is 13.9. The Labute approximate surface area is 101 Å². The van der Waals surface area contributed by atoms with Gasteiger partial charge in [0.15, 0.2) is 5.78 Å².